The van der Waals surface area contributed by atoms with Crippen molar-refractivity contribution in [1.29, 1.82) is 0 Å². The highest BCUT2D eigenvalue weighted by atomic mass is 16.4. The van der Waals surface area contributed by atoms with E-state index in [1.165, 1.54) is 18.2 Å². The number of carboxylic acids is 3. The number of hydrogen-bond donors (Lipinski definition) is 3. The zero-order valence-electron chi connectivity index (χ0n) is 10.3. The lowest BCUT2D eigenvalue weighted by Crippen LogP contribution is -1.91. The fraction of sp³-hybridized carbons (Fsp3) is 0. The van der Waals surface area contributed by atoms with Crippen LogP contribution in [0.5, 0.6) is 0 Å². The number of carboxylic acid groups (broad SMARTS) is 3. The molecule has 1 aromatic rings. The second-order valence-corrected chi connectivity index (χ2v) is 3.46. The van der Waals surface area contributed by atoms with Gasteiger partial charge in [0.1, 0.15) is 0 Å². The minimum Gasteiger partial charge on any atom is -0.472 e. The van der Waals surface area contributed by atoms with Gasteiger partial charge in [-0.25, -0.2) is 14.4 Å². The van der Waals surface area contributed by atoms with Gasteiger partial charge < -0.3 is 15.3 Å². The molecular formula is C15H6O6. The summed E-state index contributed by atoms with van der Waals surface area (Å²) in [5.74, 6) is 8.60. The van der Waals surface area contributed by atoms with E-state index in [4.69, 9.17) is 15.3 Å². The molecule has 0 aliphatic rings. The SMILES string of the molecule is O=C(O)C#Cc1cc(C#CC(=O)O)cc(C#CC(=O)O)c1. The molecule has 6 heteroatoms. The first kappa shape index (κ1) is 15.4. The second kappa shape index (κ2) is 7.04. The molecule has 0 aromatic heterocycles. The fourth-order valence-corrected chi connectivity index (χ4v) is 1.22. The molecule has 0 amide bonds. The summed E-state index contributed by atoms with van der Waals surface area (Å²) in [6.07, 6.45) is 0. The summed E-state index contributed by atoms with van der Waals surface area (Å²) in [5.41, 5.74) is 0.679. The van der Waals surface area contributed by atoms with Crippen LogP contribution in [0, 0.1) is 35.5 Å². The summed E-state index contributed by atoms with van der Waals surface area (Å²) in [6.45, 7) is 0. The van der Waals surface area contributed by atoms with Gasteiger partial charge in [0.15, 0.2) is 0 Å². The summed E-state index contributed by atoms with van der Waals surface area (Å²) < 4.78 is 0. The Morgan fingerprint density at radius 3 is 1.05 bits per heavy atom. The maximum atomic E-state index is 10.4. The van der Waals surface area contributed by atoms with E-state index in [0.717, 1.165) is 0 Å². The average Bonchev–Trinajstić information content (AvgIpc) is 2.40. The van der Waals surface area contributed by atoms with Crippen LogP contribution in [0.4, 0.5) is 0 Å². The van der Waals surface area contributed by atoms with Gasteiger partial charge >= 0.3 is 17.9 Å². The van der Waals surface area contributed by atoms with Crippen molar-refractivity contribution in [3.05, 3.63) is 34.9 Å². The first-order valence-corrected chi connectivity index (χ1v) is 5.27. The van der Waals surface area contributed by atoms with Gasteiger partial charge in [-0.1, -0.05) is 17.8 Å². The van der Waals surface area contributed by atoms with E-state index in [1.54, 1.807) is 0 Å². The second-order valence-electron chi connectivity index (χ2n) is 3.46. The maximum Gasteiger partial charge on any atom is 0.382 e. The van der Waals surface area contributed by atoms with E-state index < -0.39 is 17.9 Å². The Hall–Kier alpha value is -3.69. The molecule has 6 nitrogen and oxygen atoms in total. The molecule has 1 rings (SSSR count). The molecule has 0 unspecified atom stereocenters. The predicted molar refractivity (Wildman–Crippen MR) is 70.0 cm³/mol. The smallest absolute Gasteiger partial charge is 0.382 e. The average molecular weight is 282 g/mol. The monoisotopic (exact) mass is 282 g/mol. The summed E-state index contributed by atoms with van der Waals surface area (Å²) >= 11 is 0. The fourth-order valence-electron chi connectivity index (χ4n) is 1.22. The Labute approximate surface area is 119 Å². The Kier molecular flexibility index (Phi) is 5.15. The number of carbonyl (C=O) groups is 3. The third-order valence-corrected chi connectivity index (χ3v) is 1.87. The third kappa shape index (κ3) is 6.15. The molecular weight excluding hydrogens is 276 g/mol. The molecule has 0 heterocycles. The van der Waals surface area contributed by atoms with Gasteiger partial charge in [-0.05, 0) is 18.2 Å². The van der Waals surface area contributed by atoms with E-state index in [-0.39, 0.29) is 16.7 Å². The van der Waals surface area contributed by atoms with Crippen molar-refractivity contribution >= 4 is 17.9 Å². The summed E-state index contributed by atoms with van der Waals surface area (Å²) in [6, 6.07) is 4.12. The first-order chi connectivity index (χ1) is 9.86. The molecule has 102 valence electrons. The van der Waals surface area contributed by atoms with Crippen molar-refractivity contribution in [2.75, 3.05) is 0 Å². The lowest BCUT2D eigenvalue weighted by Gasteiger charge is -1.96. The van der Waals surface area contributed by atoms with Crippen LogP contribution in [0.25, 0.3) is 0 Å². The highest BCUT2D eigenvalue weighted by Crippen LogP contribution is 2.08. The zero-order chi connectivity index (χ0) is 15.8. The molecule has 0 saturated heterocycles. The molecule has 21 heavy (non-hydrogen) atoms. The van der Waals surface area contributed by atoms with E-state index in [1.807, 2.05) is 17.8 Å². The van der Waals surface area contributed by atoms with E-state index in [0.29, 0.717) is 0 Å². The Morgan fingerprint density at radius 2 is 0.857 bits per heavy atom. The maximum absolute atomic E-state index is 10.4. The molecule has 0 spiro atoms. The quantitative estimate of drug-likeness (QED) is 0.577. The molecule has 0 radical (unpaired) electrons. The lowest BCUT2D eigenvalue weighted by molar-refractivity contribution is -0.131. The number of rotatable bonds is 0. The number of hydrogen-bond acceptors (Lipinski definition) is 3. The van der Waals surface area contributed by atoms with Crippen molar-refractivity contribution in [2.24, 2.45) is 0 Å². The summed E-state index contributed by atoms with van der Waals surface area (Å²) in [7, 11) is 0. The van der Waals surface area contributed by atoms with Crippen molar-refractivity contribution in [3.63, 3.8) is 0 Å². The van der Waals surface area contributed by atoms with Crippen LogP contribution in [-0.4, -0.2) is 33.2 Å². The highest BCUT2D eigenvalue weighted by Gasteiger charge is 1.98. The van der Waals surface area contributed by atoms with Crippen LogP contribution in [0.15, 0.2) is 18.2 Å². The minimum atomic E-state index is -1.34. The van der Waals surface area contributed by atoms with Gasteiger partial charge in [0.2, 0.25) is 0 Å². The Morgan fingerprint density at radius 1 is 0.619 bits per heavy atom. The molecule has 0 bridgehead atoms. The standard InChI is InChI=1S/C15H6O6/c16-13(17)4-1-10-7-11(2-5-14(18)19)9-12(8-10)3-6-15(20)21/h7-9H,(H,16,17)(H,18,19)(H,20,21). The van der Waals surface area contributed by atoms with Crippen LogP contribution >= 0.6 is 0 Å². The molecule has 0 fully saturated rings. The van der Waals surface area contributed by atoms with Gasteiger partial charge in [-0.3, -0.25) is 0 Å². The van der Waals surface area contributed by atoms with Gasteiger partial charge in [0, 0.05) is 34.5 Å². The van der Waals surface area contributed by atoms with Crippen LogP contribution in [0.1, 0.15) is 16.7 Å². The van der Waals surface area contributed by atoms with Gasteiger partial charge in [0.25, 0.3) is 0 Å². The third-order valence-electron chi connectivity index (χ3n) is 1.87. The van der Waals surface area contributed by atoms with Crippen molar-refractivity contribution < 1.29 is 29.7 Å². The summed E-state index contributed by atoms with van der Waals surface area (Å²) in [4.78, 5) is 31.2. The molecule has 0 atom stereocenters. The van der Waals surface area contributed by atoms with Crippen molar-refractivity contribution in [1.82, 2.24) is 0 Å². The Bertz CT molecular complexity index is 678. The molecule has 1 aromatic carbocycles. The van der Waals surface area contributed by atoms with E-state index >= 15 is 0 Å². The van der Waals surface area contributed by atoms with Crippen LogP contribution < -0.4 is 0 Å². The van der Waals surface area contributed by atoms with Crippen LogP contribution in [-0.2, 0) is 14.4 Å². The van der Waals surface area contributed by atoms with Gasteiger partial charge in [-0.2, -0.15) is 0 Å². The largest absolute Gasteiger partial charge is 0.472 e. The van der Waals surface area contributed by atoms with Crippen LogP contribution in [0.2, 0.25) is 0 Å². The first-order valence-electron chi connectivity index (χ1n) is 5.27. The predicted octanol–water partition coefficient (Wildman–Crippen LogP) is -0.00510. The van der Waals surface area contributed by atoms with Crippen molar-refractivity contribution in [2.45, 2.75) is 0 Å². The van der Waals surface area contributed by atoms with E-state index in [2.05, 4.69) is 17.8 Å². The van der Waals surface area contributed by atoms with E-state index in [9.17, 15) is 14.4 Å². The zero-order valence-corrected chi connectivity index (χ0v) is 10.3. The summed E-state index contributed by atoms with van der Waals surface area (Å²) in [5, 5.41) is 25.4. The molecule has 0 saturated carbocycles. The topological polar surface area (TPSA) is 112 Å². The van der Waals surface area contributed by atoms with Crippen molar-refractivity contribution in [3.8, 4) is 35.5 Å². The van der Waals surface area contributed by atoms with Gasteiger partial charge in [0.05, 0.1) is 0 Å². The van der Waals surface area contributed by atoms with Gasteiger partial charge in [-0.15, -0.1) is 0 Å². The minimum absolute atomic E-state index is 0.226. The Balaban J connectivity index is 3.35. The molecule has 0 aliphatic heterocycles. The molecule has 0 aliphatic carbocycles. The number of benzene rings is 1. The highest BCUT2D eigenvalue weighted by molar-refractivity contribution is 5.88. The normalized spacial score (nSPS) is 8.00. The van der Waals surface area contributed by atoms with Crippen LogP contribution in [0.3, 0.4) is 0 Å². The number of aliphatic carboxylic acids is 3. The molecule has 3 N–H and O–H groups in total. The lowest BCUT2D eigenvalue weighted by atomic mass is 10.1.